The van der Waals surface area contributed by atoms with Crippen LogP contribution in [-0.2, 0) is 0 Å². The van der Waals surface area contributed by atoms with E-state index in [0.29, 0.717) is 15.8 Å². The number of hydrogen-bond acceptors (Lipinski definition) is 2. The summed E-state index contributed by atoms with van der Waals surface area (Å²) < 4.78 is 18.4. The predicted molar refractivity (Wildman–Crippen MR) is 56.9 cm³/mol. The van der Waals surface area contributed by atoms with Crippen molar-refractivity contribution < 1.29 is 13.9 Å². The first-order valence-corrected chi connectivity index (χ1v) is 5.14. The fraction of sp³-hybridized carbons (Fsp3) is 0.0909. The van der Waals surface area contributed by atoms with Crippen molar-refractivity contribution in [1.29, 1.82) is 0 Å². The normalized spacial score (nSPS) is 12.7. The summed E-state index contributed by atoms with van der Waals surface area (Å²) >= 11 is 3.19. The number of furan rings is 1. The number of aliphatic hydroxyl groups excluding tert-OH is 1. The van der Waals surface area contributed by atoms with E-state index in [1.165, 1.54) is 24.5 Å². The fourth-order valence-electron chi connectivity index (χ4n) is 1.32. The minimum Gasteiger partial charge on any atom is -0.466 e. The molecule has 0 spiro atoms. The lowest BCUT2D eigenvalue weighted by molar-refractivity contribution is 0.188. The van der Waals surface area contributed by atoms with Crippen LogP contribution in [0.25, 0.3) is 0 Å². The molecule has 0 fully saturated rings. The van der Waals surface area contributed by atoms with Gasteiger partial charge < -0.3 is 9.52 Å². The molecule has 1 atom stereocenters. The zero-order valence-corrected chi connectivity index (χ0v) is 9.24. The Morgan fingerprint density at radius 3 is 2.73 bits per heavy atom. The molecule has 0 saturated carbocycles. The van der Waals surface area contributed by atoms with E-state index >= 15 is 0 Å². The predicted octanol–water partition coefficient (Wildman–Crippen LogP) is 3.26. The molecule has 1 aromatic heterocycles. The lowest BCUT2D eigenvalue weighted by atomic mass is 10.1. The van der Waals surface area contributed by atoms with Gasteiger partial charge in [0.1, 0.15) is 17.7 Å². The Labute approximate surface area is 94.5 Å². The minimum absolute atomic E-state index is 0.350. The van der Waals surface area contributed by atoms with Crippen LogP contribution in [0.1, 0.15) is 17.4 Å². The van der Waals surface area contributed by atoms with Gasteiger partial charge >= 0.3 is 0 Å². The highest BCUT2D eigenvalue weighted by molar-refractivity contribution is 9.10. The van der Waals surface area contributed by atoms with E-state index in [0.717, 1.165) is 0 Å². The van der Waals surface area contributed by atoms with Gasteiger partial charge in [0.2, 0.25) is 0 Å². The van der Waals surface area contributed by atoms with Crippen LogP contribution >= 0.6 is 15.9 Å². The lowest BCUT2D eigenvalue weighted by Gasteiger charge is -2.10. The lowest BCUT2D eigenvalue weighted by Crippen LogP contribution is -1.99. The quantitative estimate of drug-likeness (QED) is 0.909. The summed E-state index contributed by atoms with van der Waals surface area (Å²) in [5.41, 5.74) is 0.575. The Morgan fingerprint density at radius 1 is 1.33 bits per heavy atom. The Hall–Kier alpha value is -1.13. The molecule has 1 heterocycles. The fourth-order valence-corrected chi connectivity index (χ4v) is 1.89. The molecule has 0 aliphatic rings. The summed E-state index contributed by atoms with van der Waals surface area (Å²) in [6.45, 7) is 0. The van der Waals surface area contributed by atoms with Crippen LogP contribution in [0.5, 0.6) is 0 Å². The molecule has 4 heteroatoms. The number of benzene rings is 1. The molecule has 2 nitrogen and oxygen atoms in total. The Morgan fingerprint density at radius 2 is 2.13 bits per heavy atom. The van der Waals surface area contributed by atoms with Crippen LogP contribution in [-0.4, -0.2) is 5.11 Å². The van der Waals surface area contributed by atoms with E-state index in [4.69, 9.17) is 4.42 Å². The molecule has 0 aliphatic carbocycles. The van der Waals surface area contributed by atoms with Gasteiger partial charge in [0.15, 0.2) is 0 Å². The van der Waals surface area contributed by atoms with E-state index in [9.17, 15) is 9.50 Å². The summed E-state index contributed by atoms with van der Waals surface area (Å²) in [5, 5.41) is 9.91. The van der Waals surface area contributed by atoms with Crippen LogP contribution in [0, 0.1) is 5.82 Å². The second-order valence-electron chi connectivity index (χ2n) is 3.08. The molecule has 15 heavy (non-hydrogen) atoms. The van der Waals surface area contributed by atoms with Gasteiger partial charge in [0.25, 0.3) is 0 Å². The van der Waals surface area contributed by atoms with Gasteiger partial charge in [-0.3, -0.25) is 0 Å². The summed E-state index contributed by atoms with van der Waals surface area (Å²) in [6, 6.07) is 7.48. The number of aliphatic hydroxyl groups is 1. The minimum atomic E-state index is -0.880. The standard InChI is InChI=1S/C11H8BrFO2/c12-9-6-7(13)3-4-8(9)11(14)10-2-1-5-15-10/h1-6,11,14H. The Balaban J connectivity index is 2.38. The van der Waals surface area contributed by atoms with E-state index in [2.05, 4.69) is 15.9 Å². The van der Waals surface area contributed by atoms with Crippen molar-refractivity contribution in [2.24, 2.45) is 0 Å². The molecule has 0 bridgehead atoms. The molecule has 0 amide bonds. The SMILES string of the molecule is OC(c1ccco1)c1ccc(F)cc1Br. The van der Waals surface area contributed by atoms with Crippen molar-refractivity contribution >= 4 is 15.9 Å². The van der Waals surface area contributed by atoms with Crippen molar-refractivity contribution in [3.8, 4) is 0 Å². The summed E-state index contributed by atoms with van der Waals surface area (Å²) in [4.78, 5) is 0. The highest BCUT2D eigenvalue weighted by Crippen LogP contribution is 2.29. The molecule has 0 aliphatic heterocycles. The second-order valence-corrected chi connectivity index (χ2v) is 3.94. The topological polar surface area (TPSA) is 33.4 Å². The van der Waals surface area contributed by atoms with Crippen molar-refractivity contribution in [3.05, 3.63) is 58.2 Å². The van der Waals surface area contributed by atoms with Crippen LogP contribution in [0.2, 0.25) is 0 Å². The molecule has 0 radical (unpaired) electrons. The van der Waals surface area contributed by atoms with Gasteiger partial charge in [-0.05, 0) is 24.3 Å². The van der Waals surface area contributed by atoms with Crippen molar-refractivity contribution in [2.75, 3.05) is 0 Å². The third-order valence-corrected chi connectivity index (χ3v) is 2.76. The maximum Gasteiger partial charge on any atom is 0.138 e. The van der Waals surface area contributed by atoms with Crippen molar-refractivity contribution in [3.63, 3.8) is 0 Å². The molecule has 1 aromatic carbocycles. The molecule has 2 aromatic rings. The second kappa shape index (κ2) is 4.16. The largest absolute Gasteiger partial charge is 0.466 e. The summed E-state index contributed by atoms with van der Waals surface area (Å²) in [7, 11) is 0. The molecular weight excluding hydrogens is 263 g/mol. The molecule has 1 N–H and O–H groups in total. The first kappa shape index (κ1) is 10.4. The van der Waals surface area contributed by atoms with Gasteiger partial charge in [-0.1, -0.05) is 22.0 Å². The van der Waals surface area contributed by atoms with Crippen LogP contribution in [0.3, 0.4) is 0 Å². The van der Waals surface area contributed by atoms with Crippen molar-refractivity contribution in [1.82, 2.24) is 0 Å². The molecule has 78 valence electrons. The van der Waals surface area contributed by atoms with E-state index in [1.807, 2.05) is 0 Å². The van der Waals surface area contributed by atoms with Gasteiger partial charge in [-0.25, -0.2) is 4.39 Å². The Bertz CT molecular complexity index is 454. The number of hydrogen-bond donors (Lipinski definition) is 1. The third kappa shape index (κ3) is 2.11. The van der Waals surface area contributed by atoms with E-state index < -0.39 is 6.10 Å². The van der Waals surface area contributed by atoms with Gasteiger partial charge in [0.05, 0.1) is 6.26 Å². The van der Waals surface area contributed by atoms with Gasteiger partial charge in [0, 0.05) is 10.0 Å². The van der Waals surface area contributed by atoms with Gasteiger partial charge in [-0.2, -0.15) is 0 Å². The number of rotatable bonds is 2. The average Bonchev–Trinajstić information content (AvgIpc) is 2.69. The summed E-state index contributed by atoms with van der Waals surface area (Å²) in [5.74, 6) is 0.0829. The highest BCUT2D eigenvalue weighted by atomic mass is 79.9. The Kier molecular flexibility index (Phi) is 2.88. The molecule has 1 unspecified atom stereocenters. The maximum atomic E-state index is 12.8. The number of halogens is 2. The smallest absolute Gasteiger partial charge is 0.138 e. The zero-order valence-electron chi connectivity index (χ0n) is 7.65. The first-order valence-electron chi connectivity index (χ1n) is 4.35. The average molecular weight is 271 g/mol. The van der Waals surface area contributed by atoms with Crippen molar-refractivity contribution in [2.45, 2.75) is 6.10 Å². The molecule has 0 saturated heterocycles. The third-order valence-electron chi connectivity index (χ3n) is 2.07. The maximum absolute atomic E-state index is 12.8. The first-order chi connectivity index (χ1) is 7.18. The van der Waals surface area contributed by atoms with Crippen LogP contribution in [0.4, 0.5) is 4.39 Å². The monoisotopic (exact) mass is 270 g/mol. The highest BCUT2D eigenvalue weighted by Gasteiger charge is 2.16. The van der Waals surface area contributed by atoms with Crippen LogP contribution < -0.4 is 0 Å². The summed E-state index contributed by atoms with van der Waals surface area (Å²) in [6.07, 6.45) is 0.602. The van der Waals surface area contributed by atoms with Crippen LogP contribution in [0.15, 0.2) is 45.5 Å². The van der Waals surface area contributed by atoms with Gasteiger partial charge in [-0.15, -0.1) is 0 Å². The molecule has 2 rings (SSSR count). The van der Waals surface area contributed by atoms with E-state index in [1.54, 1.807) is 12.1 Å². The zero-order chi connectivity index (χ0) is 10.8. The molecular formula is C11H8BrFO2. The van der Waals surface area contributed by atoms with E-state index in [-0.39, 0.29) is 5.82 Å².